The lowest BCUT2D eigenvalue weighted by Gasteiger charge is -2.31. The van der Waals surface area contributed by atoms with Crippen LogP contribution in [0.1, 0.15) is 23.1 Å². The number of carbonyl (C=O) groups is 2. The molecule has 0 radical (unpaired) electrons. The van der Waals surface area contributed by atoms with Crippen molar-refractivity contribution in [2.24, 2.45) is 0 Å². The molecule has 4 aromatic rings. The quantitative estimate of drug-likeness (QED) is 0.293. The number of benzene rings is 4. The lowest BCUT2D eigenvalue weighted by atomic mass is 9.99. The summed E-state index contributed by atoms with van der Waals surface area (Å²) in [5.74, 6) is -0.199. The Balaban J connectivity index is 1.61. The molecule has 35 heavy (non-hydrogen) atoms. The summed E-state index contributed by atoms with van der Waals surface area (Å²) in [5, 5.41) is 5.10. The van der Waals surface area contributed by atoms with Gasteiger partial charge in [0.1, 0.15) is 6.04 Å². The van der Waals surface area contributed by atoms with Gasteiger partial charge in [-0.25, -0.2) is 0 Å². The van der Waals surface area contributed by atoms with Crippen LogP contribution in [0.3, 0.4) is 0 Å². The van der Waals surface area contributed by atoms with Crippen LogP contribution in [0.5, 0.6) is 0 Å². The van der Waals surface area contributed by atoms with Gasteiger partial charge in [-0.3, -0.25) is 9.59 Å². The summed E-state index contributed by atoms with van der Waals surface area (Å²) >= 11 is 3.47. The van der Waals surface area contributed by atoms with Crippen molar-refractivity contribution in [3.63, 3.8) is 0 Å². The number of fused-ring (bicyclic) bond motifs is 1. The average Bonchev–Trinajstić information content (AvgIpc) is 2.90. The van der Waals surface area contributed by atoms with Crippen LogP contribution >= 0.6 is 15.9 Å². The van der Waals surface area contributed by atoms with E-state index < -0.39 is 6.04 Å². The maximum absolute atomic E-state index is 13.7. The maximum atomic E-state index is 13.7. The van der Waals surface area contributed by atoms with E-state index in [0.29, 0.717) is 25.8 Å². The Labute approximate surface area is 215 Å². The molecule has 0 heterocycles. The van der Waals surface area contributed by atoms with Gasteiger partial charge in [-0.15, -0.1) is 0 Å². The third kappa shape index (κ3) is 6.37. The fraction of sp³-hybridized carbons (Fsp3) is 0.200. The second-order valence-electron chi connectivity index (χ2n) is 8.61. The summed E-state index contributed by atoms with van der Waals surface area (Å²) in [6.45, 7) is 0.368. The molecule has 4 aromatic carbocycles. The molecule has 2 amide bonds. The molecule has 0 spiro atoms. The Morgan fingerprint density at radius 1 is 0.829 bits per heavy atom. The SMILES string of the molecule is CNC(=O)[C@@H](Cc1ccccc1)N(Cc1ccc(Br)cc1)C(=O)CCc1cccc2ccccc12. The van der Waals surface area contributed by atoms with Gasteiger partial charge in [-0.2, -0.15) is 0 Å². The van der Waals surface area contributed by atoms with E-state index in [1.807, 2.05) is 72.8 Å². The lowest BCUT2D eigenvalue weighted by molar-refractivity contribution is -0.141. The van der Waals surface area contributed by atoms with Crippen LogP contribution < -0.4 is 5.32 Å². The molecule has 4 nitrogen and oxygen atoms in total. The van der Waals surface area contributed by atoms with Crippen LogP contribution in [0.25, 0.3) is 10.8 Å². The van der Waals surface area contributed by atoms with Crippen LogP contribution in [0.2, 0.25) is 0 Å². The van der Waals surface area contributed by atoms with E-state index in [4.69, 9.17) is 0 Å². The van der Waals surface area contributed by atoms with Gasteiger partial charge in [0.05, 0.1) is 0 Å². The van der Waals surface area contributed by atoms with E-state index in [2.05, 4.69) is 45.5 Å². The molecule has 0 aliphatic rings. The van der Waals surface area contributed by atoms with E-state index in [1.165, 1.54) is 0 Å². The number of hydrogen-bond donors (Lipinski definition) is 1. The highest BCUT2D eigenvalue weighted by molar-refractivity contribution is 9.10. The topological polar surface area (TPSA) is 49.4 Å². The molecule has 178 valence electrons. The van der Waals surface area contributed by atoms with E-state index in [-0.39, 0.29) is 11.8 Å². The molecule has 0 fully saturated rings. The van der Waals surface area contributed by atoms with Gasteiger partial charge in [-0.05, 0) is 46.0 Å². The van der Waals surface area contributed by atoms with E-state index in [0.717, 1.165) is 31.9 Å². The summed E-state index contributed by atoms with van der Waals surface area (Å²) in [4.78, 5) is 28.5. The zero-order valence-corrected chi connectivity index (χ0v) is 21.4. The Bertz CT molecular complexity index is 1280. The number of hydrogen-bond acceptors (Lipinski definition) is 2. The molecule has 5 heteroatoms. The second-order valence-corrected chi connectivity index (χ2v) is 9.52. The Kier molecular flexibility index (Phi) is 8.32. The first kappa shape index (κ1) is 24.7. The Morgan fingerprint density at radius 3 is 2.26 bits per heavy atom. The predicted octanol–water partition coefficient (Wildman–Crippen LogP) is 5.92. The van der Waals surface area contributed by atoms with Gasteiger partial charge in [0, 0.05) is 30.9 Å². The molecular weight excluding hydrogens is 500 g/mol. The number of nitrogens with zero attached hydrogens (tertiary/aromatic N) is 1. The summed E-state index contributed by atoms with van der Waals surface area (Å²) < 4.78 is 0.974. The number of aryl methyl sites for hydroxylation is 1. The molecule has 0 saturated carbocycles. The van der Waals surface area contributed by atoms with Gasteiger partial charge >= 0.3 is 0 Å². The first-order valence-corrected chi connectivity index (χ1v) is 12.6. The smallest absolute Gasteiger partial charge is 0.242 e. The van der Waals surface area contributed by atoms with Crippen molar-refractivity contribution in [1.82, 2.24) is 10.2 Å². The molecule has 4 rings (SSSR count). The van der Waals surface area contributed by atoms with Crippen molar-refractivity contribution in [2.75, 3.05) is 7.05 Å². The minimum atomic E-state index is -0.605. The van der Waals surface area contributed by atoms with Crippen LogP contribution in [-0.2, 0) is 29.0 Å². The van der Waals surface area contributed by atoms with Crippen molar-refractivity contribution in [2.45, 2.75) is 31.8 Å². The second kappa shape index (κ2) is 11.8. The minimum Gasteiger partial charge on any atom is -0.357 e. The molecule has 1 N–H and O–H groups in total. The molecule has 0 aliphatic carbocycles. The van der Waals surface area contributed by atoms with Gasteiger partial charge in [-0.1, -0.05) is 101 Å². The Morgan fingerprint density at radius 2 is 1.51 bits per heavy atom. The highest BCUT2D eigenvalue weighted by Crippen LogP contribution is 2.22. The van der Waals surface area contributed by atoms with Gasteiger partial charge < -0.3 is 10.2 Å². The van der Waals surface area contributed by atoms with E-state index in [1.54, 1.807) is 11.9 Å². The summed E-state index contributed by atoms with van der Waals surface area (Å²) in [6, 6.07) is 31.6. The van der Waals surface area contributed by atoms with Crippen molar-refractivity contribution < 1.29 is 9.59 Å². The number of nitrogens with one attached hydrogen (secondary N) is 1. The van der Waals surface area contributed by atoms with Crippen LogP contribution in [-0.4, -0.2) is 29.8 Å². The lowest BCUT2D eigenvalue weighted by Crippen LogP contribution is -2.49. The van der Waals surface area contributed by atoms with E-state index in [9.17, 15) is 9.59 Å². The minimum absolute atomic E-state index is 0.0367. The van der Waals surface area contributed by atoms with Gasteiger partial charge in [0.2, 0.25) is 11.8 Å². The number of likely N-dealkylation sites (N-methyl/N-ethyl adjacent to an activating group) is 1. The third-order valence-corrected chi connectivity index (χ3v) is 6.80. The standard InChI is InChI=1S/C30H29BrN2O2/c1-32-30(35)28(20-22-8-3-2-4-9-22)33(21-23-14-17-26(31)18-15-23)29(34)19-16-25-12-7-11-24-10-5-6-13-27(24)25/h2-15,17-18,28H,16,19-21H2,1H3,(H,32,35)/t28-/m1/s1. The summed E-state index contributed by atoms with van der Waals surface area (Å²) in [5.41, 5.74) is 3.14. The average molecular weight is 529 g/mol. The summed E-state index contributed by atoms with van der Waals surface area (Å²) in [6.07, 6.45) is 1.40. The number of amides is 2. The van der Waals surface area contributed by atoms with Crippen molar-refractivity contribution >= 4 is 38.5 Å². The molecule has 0 aliphatic heterocycles. The molecule has 0 aromatic heterocycles. The first-order valence-electron chi connectivity index (χ1n) is 11.8. The van der Waals surface area contributed by atoms with Crippen molar-refractivity contribution in [3.05, 3.63) is 118 Å². The zero-order chi connectivity index (χ0) is 24.6. The summed E-state index contributed by atoms with van der Waals surface area (Å²) in [7, 11) is 1.62. The van der Waals surface area contributed by atoms with Gasteiger partial charge in [0.15, 0.2) is 0 Å². The van der Waals surface area contributed by atoms with Crippen molar-refractivity contribution in [3.8, 4) is 0 Å². The van der Waals surface area contributed by atoms with E-state index >= 15 is 0 Å². The number of rotatable bonds is 9. The number of halogens is 1. The predicted molar refractivity (Wildman–Crippen MR) is 145 cm³/mol. The maximum Gasteiger partial charge on any atom is 0.242 e. The fourth-order valence-electron chi connectivity index (χ4n) is 4.40. The molecule has 1 atom stereocenters. The monoisotopic (exact) mass is 528 g/mol. The van der Waals surface area contributed by atoms with Crippen LogP contribution in [0.4, 0.5) is 0 Å². The third-order valence-electron chi connectivity index (χ3n) is 6.27. The molecule has 0 bridgehead atoms. The van der Waals surface area contributed by atoms with Crippen LogP contribution in [0, 0.1) is 0 Å². The van der Waals surface area contributed by atoms with Crippen LogP contribution in [0.15, 0.2) is 102 Å². The first-order chi connectivity index (χ1) is 17.0. The molecular formula is C30H29BrN2O2. The largest absolute Gasteiger partial charge is 0.357 e. The molecule has 0 unspecified atom stereocenters. The highest BCUT2D eigenvalue weighted by Gasteiger charge is 2.29. The van der Waals surface area contributed by atoms with Gasteiger partial charge in [0.25, 0.3) is 0 Å². The zero-order valence-electron chi connectivity index (χ0n) is 19.8. The van der Waals surface area contributed by atoms with Crippen molar-refractivity contribution in [1.29, 1.82) is 0 Å². The fourth-order valence-corrected chi connectivity index (χ4v) is 4.67. The number of carbonyl (C=O) groups excluding carboxylic acids is 2. The highest BCUT2D eigenvalue weighted by atomic mass is 79.9. The molecule has 0 saturated heterocycles. The Hall–Kier alpha value is -3.44. The normalized spacial score (nSPS) is 11.7.